The number of para-hydroxylation sites is 1. The van der Waals surface area contributed by atoms with E-state index >= 15 is 0 Å². The summed E-state index contributed by atoms with van der Waals surface area (Å²) in [5.74, 6) is 0.863. The molecule has 0 aliphatic heterocycles. The van der Waals surface area contributed by atoms with Gasteiger partial charge in [0.25, 0.3) is 0 Å². The maximum absolute atomic E-state index is 10.4. The lowest BCUT2D eigenvalue weighted by atomic mass is 10.2. The Labute approximate surface area is 107 Å². The van der Waals surface area contributed by atoms with E-state index in [9.17, 15) is 4.79 Å². The fraction of sp³-hybridized carbons (Fsp3) is 0.462. The molecule has 0 bridgehead atoms. The van der Waals surface area contributed by atoms with Crippen molar-refractivity contribution in [3.8, 4) is 5.75 Å². The van der Waals surface area contributed by atoms with Crippen LogP contribution in [0.4, 0.5) is 4.79 Å². The Kier molecular flexibility index (Phi) is 6.00. The van der Waals surface area contributed by atoms with Gasteiger partial charge in [0, 0.05) is 25.2 Å². The molecule has 0 spiro atoms. The predicted octanol–water partition coefficient (Wildman–Crippen LogP) is 1.78. The molecule has 0 fully saturated rings. The highest BCUT2D eigenvalue weighted by Gasteiger charge is 2.08. The molecule has 0 unspecified atom stereocenters. The van der Waals surface area contributed by atoms with Crippen LogP contribution in [0.5, 0.6) is 5.75 Å². The van der Waals surface area contributed by atoms with E-state index in [0.29, 0.717) is 13.1 Å². The zero-order valence-corrected chi connectivity index (χ0v) is 10.8. The molecule has 1 amide bonds. The number of methoxy groups -OCH3 is 1. The second kappa shape index (κ2) is 7.55. The lowest BCUT2D eigenvalue weighted by Gasteiger charge is -2.21. The Bertz CT molecular complexity index is 382. The number of carbonyl (C=O) groups is 1. The van der Waals surface area contributed by atoms with Crippen LogP contribution in [0.25, 0.3) is 0 Å². The number of hydrogen-bond acceptors (Lipinski definition) is 3. The Morgan fingerprint density at radius 3 is 2.78 bits per heavy atom. The smallest absolute Gasteiger partial charge is 0.404 e. The van der Waals surface area contributed by atoms with Gasteiger partial charge in [0.05, 0.1) is 7.11 Å². The molecule has 0 saturated carbocycles. The van der Waals surface area contributed by atoms with Crippen LogP contribution < -0.4 is 10.1 Å². The highest BCUT2D eigenvalue weighted by molar-refractivity contribution is 5.64. The number of nitrogens with one attached hydrogen (secondary N) is 1. The van der Waals surface area contributed by atoms with Gasteiger partial charge in [0.15, 0.2) is 0 Å². The SMILES string of the molecule is CCN(CCNC(=O)O)Cc1ccccc1OC. The molecular formula is C13H20N2O3. The second-order valence-corrected chi connectivity index (χ2v) is 3.91. The molecule has 0 aliphatic carbocycles. The summed E-state index contributed by atoms with van der Waals surface area (Å²) in [5, 5.41) is 10.9. The normalized spacial score (nSPS) is 10.4. The number of benzene rings is 1. The zero-order chi connectivity index (χ0) is 13.4. The standard InChI is InChI=1S/C13H20N2O3/c1-3-15(9-8-14-13(16)17)10-11-6-4-5-7-12(11)18-2/h4-7,14H,3,8-10H2,1-2H3,(H,16,17). The van der Waals surface area contributed by atoms with E-state index in [1.165, 1.54) is 0 Å². The van der Waals surface area contributed by atoms with Crippen LogP contribution in [0.1, 0.15) is 12.5 Å². The van der Waals surface area contributed by atoms with Crippen LogP contribution in [-0.2, 0) is 6.54 Å². The van der Waals surface area contributed by atoms with Crippen molar-refractivity contribution >= 4 is 6.09 Å². The molecule has 100 valence electrons. The molecule has 1 aromatic rings. The number of hydrogen-bond donors (Lipinski definition) is 2. The van der Waals surface area contributed by atoms with Crippen molar-refractivity contribution in [1.29, 1.82) is 0 Å². The van der Waals surface area contributed by atoms with E-state index in [1.807, 2.05) is 24.3 Å². The molecule has 0 atom stereocenters. The predicted molar refractivity (Wildman–Crippen MR) is 70.0 cm³/mol. The summed E-state index contributed by atoms with van der Waals surface area (Å²) in [5.41, 5.74) is 1.11. The van der Waals surface area contributed by atoms with Gasteiger partial charge in [-0.05, 0) is 12.6 Å². The van der Waals surface area contributed by atoms with Crippen LogP contribution in [0.15, 0.2) is 24.3 Å². The summed E-state index contributed by atoms with van der Waals surface area (Å²) in [7, 11) is 1.65. The maximum Gasteiger partial charge on any atom is 0.404 e. The van der Waals surface area contributed by atoms with Gasteiger partial charge in [-0.25, -0.2) is 4.79 Å². The maximum atomic E-state index is 10.4. The third-order valence-electron chi connectivity index (χ3n) is 2.74. The second-order valence-electron chi connectivity index (χ2n) is 3.91. The van der Waals surface area contributed by atoms with Gasteiger partial charge >= 0.3 is 6.09 Å². The van der Waals surface area contributed by atoms with Crippen LogP contribution in [-0.4, -0.2) is 42.8 Å². The van der Waals surface area contributed by atoms with Gasteiger partial charge in [0.1, 0.15) is 5.75 Å². The first-order valence-electron chi connectivity index (χ1n) is 5.98. The van der Waals surface area contributed by atoms with Crippen molar-refractivity contribution in [2.24, 2.45) is 0 Å². The average Bonchev–Trinajstić information content (AvgIpc) is 2.37. The quantitative estimate of drug-likeness (QED) is 0.776. The molecule has 0 radical (unpaired) electrons. The van der Waals surface area contributed by atoms with E-state index in [2.05, 4.69) is 17.1 Å². The third-order valence-corrected chi connectivity index (χ3v) is 2.74. The molecule has 5 heteroatoms. The highest BCUT2D eigenvalue weighted by atomic mass is 16.5. The van der Waals surface area contributed by atoms with Crippen LogP contribution in [0.3, 0.4) is 0 Å². The largest absolute Gasteiger partial charge is 0.496 e. The minimum atomic E-state index is -0.983. The summed E-state index contributed by atoms with van der Waals surface area (Å²) in [4.78, 5) is 12.5. The number of ether oxygens (including phenoxy) is 1. The van der Waals surface area contributed by atoms with Gasteiger partial charge in [-0.15, -0.1) is 0 Å². The molecule has 0 saturated heterocycles. The van der Waals surface area contributed by atoms with Gasteiger partial charge < -0.3 is 15.2 Å². The van der Waals surface area contributed by atoms with Crippen LogP contribution in [0, 0.1) is 0 Å². The summed E-state index contributed by atoms with van der Waals surface area (Å²) < 4.78 is 5.30. The fourth-order valence-electron chi connectivity index (χ4n) is 1.74. The number of carboxylic acid groups (broad SMARTS) is 1. The van der Waals surface area contributed by atoms with E-state index < -0.39 is 6.09 Å². The molecule has 1 rings (SSSR count). The molecular weight excluding hydrogens is 232 g/mol. The summed E-state index contributed by atoms with van der Waals surface area (Å²) in [6.45, 7) is 4.77. The zero-order valence-electron chi connectivity index (χ0n) is 10.8. The van der Waals surface area contributed by atoms with Crippen molar-refractivity contribution in [3.63, 3.8) is 0 Å². The molecule has 2 N–H and O–H groups in total. The first-order chi connectivity index (χ1) is 8.67. The Balaban J connectivity index is 2.53. The lowest BCUT2D eigenvalue weighted by Crippen LogP contribution is -2.33. The topological polar surface area (TPSA) is 61.8 Å². The monoisotopic (exact) mass is 252 g/mol. The average molecular weight is 252 g/mol. The number of rotatable bonds is 7. The Hall–Kier alpha value is -1.75. The first-order valence-corrected chi connectivity index (χ1v) is 5.98. The van der Waals surface area contributed by atoms with Gasteiger partial charge in [0.2, 0.25) is 0 Å². The minimum absolute atomic E-state index is 0.429. The van der Waals surface area contributed by atoms with Crippen molar-refractivity contribution in [3.05, 3.63) is 29.8 Å². The molecule has 18 heavy (non-hydrogen) atoms. The van der Waals surface area contributed by atoms with Crippen molar-refractivity contribution in [1.82, 2.24) is 10.2 Å². The van der Waals surface area contributed by atoms with Crippen LogP contribution >= 0.6 is 0 Å². The molecule has 1 aromatic carbocycles. The Morgan fingerprint density at radius 1 is 1.44 bits per heavy atom. The first kappa shape index (κ1) is 14.3. The minimum Gasteiger partial charge on any atom is -0.496 e. The molecule has 0 aromatic heterocycles. The van der Waals surface area contributed by atoms with E-state index in [0.717, 1.165) is 24.4 Å². The van der Waals surface area contributed by atoms with Gasteiger partial charge in [-0.2, -0.15) is 0 Å². The van der Waals surface area contributed by atoms with Gasteiger partial charge in [-0.1, -0.05) is 25.1 Å². The number of amides is 1. The lowest BCUT2D eigenvalue weighted by molar-refractivity contribution is 0.191. The molecule has 5 nitrogen and oxygen atoms in total. The number of nitrogens with zero attached hydrogens (tertiary/aromatic N) is 1. The number of likely N-dealkylation sites (N-methyl/N-ethyl adjacent to an activating group) is 1. The van der Waals surface area contributed by atoms with Crippen molar-refractivity contribution in [2.75, 3.05) is 26.7 Å². The van der Waals surface area contributed by atoms with Crippen molar-refractivity contribution in [2.45, 2.75) is 13.5 Å². The third kappa shape index (κ3) is 4.63. The van der Waals surface area contributed by atoms with Crippen LogP contribution in [0.2, 0.25) is 0 Å². The summed E-state index contributed by atoms with van der Waals surface area (Å²) in [6.07, 6.45) is -0.983. The Morgan fingerprint density at radius 2 is 2.17 bits per heavy atom. The molecule has 0 aliphatic rings. The van der Waals surface area contributed by atoms with E-state index in [1.54, 1.807) is 7.11 Å². The van der Waals surface area contributed by atoms with E-state index in [-0.39, 0.29) is 0 Å². The van der Waals surface area contributed by atoms with Crippen molar-refractivity contribution < 1.29 is 14.6 Å². The fourth-order valence-corrected chi connectivity index (χ4v) is 1.74. The van der Waals surface area contributed by atoms with Gasteiger partial charge in [-0.3, -0.25) is 4.90 Å². The van der Waals surface area contributed by atoms with E-state index in [4.69, 9.17) is 9.84 Å². The summed E-state index contributed by atoms with van der Waals surface area (Å²) in [6, 6.07) is 7.86. The highest BCUT2D eigenvalue weighted by Crippen LogP contribution is 2.18. The molecule has 0 heterocycles. The summed E-state index contributed by atoms with van der Waals surface area (Å²) >= 11 is 0.